The van der Waals surface area contributed by atoms with Gasteiger partial charge in [0, 0.05) is 12.7 Å². The highest BCUT2D eigenvalue weighted by molar-refractivity contribution is 5.84. The number of rotatable bonds is 2. The lowest BCUT2D eigenvalue weighted by molar-refractivity contribution is -0.143. The number of fused-ring (bicyclic) bond motifs is 1. The minimum Gasteiger partial charge on any atom is -0.480 e. The van der Waals surface area contributed by atoms with Crippen molar-refractivity contribution in [3.05, 3.63) is 35.9 Å². The van der Waals surface area contributed by atoms with Gasteiger partial charge in [-0.25, -0.2) is 4.79 Å². The summed E-state index contributed by atoms with van der Waals surface area (Å²) in [4.78, 5) is 13.2. The van der Waals surface area contributed by atoms with Crippen molar-refractivity contribution in [2.45, 2.75) is 25.3 Å². The standard InChI is InChI=1S/C14H17NO2/c1-4-10-5-6-12-11(9-10)7-8-14(2,13(16)17)15(12)3/h4-6,9H,1,7-8H2,2-3H3,(H,16,17). The van der Waals surface area contributed by atoms with E-state index in [4.69, 9.17) is 0 Å². The molecule has 1 heterocycles. The molecule has 90 valence electrons. The molecule has 1 atom stereocenters. The quantitative estimate of drug-likeness (QED) is 0.850. The summed E-state index contributed by atoms with van der Waals surface area (Å²) in [6, 6.07) is 6.03. The minimum absolute atomic E-state index is 0.631. The van der Waals surface area contributed by atoms with E-state index in [2.05, 4.69) is 12.6 Å². The summed E-state index contributed by atoms with van der Waals surface area (Å²) in [5, 5.41) is 9.34. The zero-order chi connectivity index (χ0) is 12.6. The number of nitrogens with zero attached hydrogens (tertiary/aromatic N) is 1. The number of anilines is 1. The van der Waals surface area contributed by atoms with Crippen LogP contribution >= 0.6 is 0 Å². The number of benzene rings is 1. The predicted octanol–water partition coefficient (Wildman–Crippen LogP) is 2.56. The van der Waals surface area contributed by atoms with E-state index < -0.39 is 11.5 Å². The Kier molecular flexibility index (Phi) is 2.69. The number of aryl methyl sites for hydroxylation is 1. The van der Waals surface area contributed by atoms with E-state index in [9.17, 15) is 9.90 Å². The van der Waals surface area contributed by atoms with Crippen molar-refractivity contribution in [1.82, 2.24) is 0 Å². The first-order chi connectivity index (χ1) is 7.99. The van der Waals surface area contributed by atoms with Gasteiger partial charge in [0.15, 0.2) is 0 Å². The van der Waals surface area contributed by atoms with E-state index in [-0.39, 0.29) is 0 Å². The van der Waals surface area contributed by atoms with Gasteiger partial charge in [0.05, 0.1) is 0 Å². The van der Waals surface area contributed by atoms with Crippen LogP contribution in [0.3, 0.4) is 0 Å². The summed E-state index contributed by atoms with van der Waals surface area (Å²) in [5.41, 5.74) is 2.48. The lowest BCUT2D eigenvalue weighted by Gasteiger charge is -2.41. The van der Waals surface area contributed by atoms with Crippen LogP contribution in [0.25, 0.3) is 6.08 Å². The molecule has 0 radical (unpaired) electrons. The molecule has 1 aromatic carbocycles. The molecule has 0 saturated carbocycles. The normalized spacial score (nSPS) is 23.1. The van der Waals surface area contributed by atoms with E-state index in [0.29, 0.717) is 6.42 Å². The smallest absolute Gasteiger partial charge is 0.329 e. The van der Waals surface area contributed by atoms with Crippen molar-refractivity contribution in [1.29, 1.82) is 0 Å². The Bertz CT molecular complexity index is 481. The maximum Gasteiger partial charge on any atom is 0.329 e. The van der Waals surface area contributed by atoms with Crippen LogP contribution in [0.2, 0.25) is 0 Å². The van der Waals surface area contributed by atoms with Crippen molar-refractivity contribution in [2.24, 2.45) is 0 Å². The van der Waals surface area contributed by atoms with Gasteiger partial charge >= 0.3 is 5.97 Å². The number of aliphatic carboxylic acids is 1. The summed E-state index contributed by atoms with van der Waals surface area (Å²) < 4.78 is 0. The third-order valence-electron chi connectivity index (χ3n) is 3.78. The third-order valence-corrected chi connectivity index (χ3v) is 3.78. The average molecular weight is 231 g/mol. The Morgan fingerprint density at radius 2 is 2.29 bits per heavy atom. The SMILES string of the molecule is C=Cc1ccc2c(c1)CCC(C)(C(=O)O)N2C. The van der Waals surface area contributed by atoms with Crippen LogP contribution in [0.15, 0.2) is 24.8 Å². The fraction of sp³-hybridized carbons (Fsp3) is 0.357. The molecule has 0 spiro atoms. The molecule has 0 saturated heterocycles. The van der Waals surface area contributed by atoms with Gasteiger partial charge in [0.25, 0.3) is 0 Å². The molecule has 2 rings (SSSR count). The molecule has 0 aromatic heterocycles. The third kappa shape index (κ3) is 1.71. The van der Waals surface area contributed by atoms with E-state index in [1.165, 1.54) is 5.56 Å². The van der Waals surface area contributed by atoms with Gasteiger partial charge in [-0.1, -0.05) is 18.7 Å². The molecule has 1 unspecified atom stereocenters. The van der Waals surface area contributed by atoms with Gasteiger partial charge in [-0.05, 0) is 43.0 Å². The Hall–Kier alpha value is -1.77. The lowest BCUT2D eigenvalue weighted by atomic mass is 9.85. The molecule has 1 aliphatic heterocycles. The highest BCUT2D eigenvalue weighted by Crippen LogP contribution is 2.36. The highest BCUT2D eigenvalue weighted by atomic mass is 16.4. The summed E-state index contributed by atoms with van der Waals surface area (Å²) >= 11 is 0. The molecule has 1 aromatic rings. The molecule has 0 bridgehead atoms. The van der Waals surface area contributed by atoms with Crippen molar-refractivity contribution in [3.8, 4) is 0 Å². The van der Waals surface area contributed by atoms with Crippen molar-refractivity contribution in [2.75, 3.05) is 11.9 Å². The second-order valence-electron chi connectivity index (χ2n) is 4.73. The van der Waals surface area contributed by atoms with Crippen molar-refractivity contribution in [3.63, 3.8) is 0 Å². The monoisotopic (exact) mass is 231 g/mol. The molecular weight excluding hydrogens is 214 g/mol. The largest absolute Gasteiger partial charge is 0.480 e. The molecule has 0 aliphatic carbocycles. The number of hydrogen-bond acceptors (Lipinski definition) is 2. The number of hydrogen-bond donors (Lipinski definition) is 1. The fourth-order valence-corrected chi connectivity index (χ4v) is 2.32. The summed E-state index contributed by atoms with van der Waals surface area (Å²) in [6.45, 7) is 5.53. The molecule has 1 aliphatic rings. The zero-order valence-electron chi connectivity index (χ0n) is 10.2. The van der Waals surface area contributed by atoms with E-state index in [0.717, 1.165) is 17.7 Å². The molecule has 3 nitrogen and oxygen atoms in total. The molecule has 1 N–H and O–H groups in total. The average Bonchev–Trinajstić information content (AvgIpc) is 2.33. The first kappa shape index (κ1) is 11.7. The van der Waals surface area contributed by atoms with Gasteiger partial charge in [-0.15, -0.1) is 0 Å². The molecule has 0 fully saturated rings. The van der Waals surface area contributed by atoms with Crippen LogP contribution < -0.4 is 4.90 Å². The number of carboxylic acids is 1. The number of carboxylic acid groups (broad SMARTS) is 1. The second kappa shape index (κ2) is 3.91. The molecule has 0 amide bonds. The maximum atomic E-state index is 11.4. The Morgan fingerprint density at radius 3 is 2.88 bits per heavy atom. The van der Waals surface area contributed by atoms with Crippen LogP contribution in [0.1, 0.15) is 24.5 Å². The van der Waals surface area contributed by atoms with Gasteiger partial charge < -0.3 is 10.0 Å². The second-order valence-corrected chi connectivity index (χ2v) is 4.73. The topological polar surface area (TPSA) is 40.5 Å². The van der Waals surface area contributed by atoms with Crippen molar-refractivity contribution < 1.29 is 9.90 Å². The van der Waals surface area contributed by atoms with Gasteiger partial charge in [-0.2, -0.15) is 0 Å². The van der Waals surface area contributed by atoms with E-state index in [1.54, 1.807) is 6.92 Å². The van der Waals surface area contributed by atoms with Crippen LogP contribution in [0.5, 0.6) is 0 Å². The lowest BCUT2D eigenvalue weighted by Crippen LogP contribution is -2.53. The van der Waals surface area contributed by atoms with Gasteiger partial charge in [-0.3, -0.25) is 0 Å². The van der Waals surface area contributed by atoms with Crippen LogP contribution in [-0.2, 0) is 11.2 Å². The zero-order valence-corrected chi connectivity index (χ0v) is 10.2. The molecule has 17 heavy (non-hydrogen) atoms. The van der Waals surface area contributed by atoms with E-state index in [1.807, 2.05) is 30.2 Å². The Morgan fingerprint density at radius 1 is 1.59 bits per heavy atom. The predicted molar refractivity (Wildman–Crippen MR) is 69.3 cm³/mol. The summed E-state index contributed by atoms with van der Waals surface area (Å²) in [7, 11) is 1.85. The van der Waals surface area contributed by atoms with Gasteiger partial charge in [0.1, 0.15) is 5.54 Å². The minimum atomic E-state index is -0.803. The van der Waals surface area contributed by atoms with Crippen LogP contribution in [-0.4, -0.2) is 23.7 Å². The van der Waals surface area contributed by atoms with Gasteiger partial charge in [0.2, 0.25) is 0 Å². The van der Waals surface area contributed by atoms with Crippen LogP contribution in [0.4, 0.5) is 5.69 Å². The Labute approximate surface area is 101 Å². The first-order valence-corrected chi connectivity index (χ1v) is 5.71. The summed E-state index contributed by atoms with van der Waals surface area (Å²) in [5.74, 6) is -0.765. The number of likely N-dealkylation sites (N-methyl/N-ethyl adjacent to an activating group) is 1. The van der Waals surface area contributed by atoms with Crippen LogP contribution in [0, 0.1) is 0 Å². The number of carbonyl (C=O) groups is 1. The van der Waals surface area contributed by atoms with Crippen molar-refractivity contribution >= 4 is 17.7 Å². The molecular formula is C14H17NO2. The summed E-state index contributed by atoms with van der Waals surface area (Å²) in [6.07, 6.45) is 3.24. The van der Waals surface area contributed by atoms with E-state index >= 15 is 0 Å². The highest BCUT2D eigenvalue weighted by Gasteiger charge is 2.41. The Balaban J connectivity index is 2.46. The maximum absolute atomic E-state index is 11.4. The molecule has 3 heteroatoms. The first-order valence-electron chi connectivity index (χ1n) is 5.71. The fourth-order valence-electron chi connectivity index (χ4n) is 2.32.